The van der Waals surface area contributed by atoms with Gasteiger partial charge in [-0.2, -0.15) is 0 Å². The summed E-state index contributed by atoms with van der Waals surface area (Å²) < 4.78 is 0. The molecule has 0 bridgehead atoms. The average Bonchev–Trinajstić information content (AvgIpc) is 2.53. The van der Waals surface area contributed by atoms with Crippen molar-refractivity contribution in [2.75, 3.05) is 13.1 Å². The van der Waals surface area contributed by atoms with E-state index in [4.69, 9.17) is 23.2 Å². The van der Waals surface area contributed by atoms with Gasteiger partial charge in [0.25, 0.3) is 0 Å². The number of halogens is 2. The van der Waals surface area contributed by atoms with Gasteiger partial charge in [-0.1, -0.05) is 59.6 Å². The second-order valence-corrected chi connectivity index (χ2v) is 6.99. The summed E-state index contributed by atoms with van der Waals surface area (Å²) in [6, 6.07) is 16.6. The number of piperidine rings is 1. The highest BCUT2D eigenvalue weighted by atomic mass is 35.5. The summed E-state index contributed by atoms with van der Waals surface area (Å²) in [7, 11) is 0. The van der Waals surface area contributed by atoms with Crippen molar-refractivity contribution >= 4 is 23.2 Å². The lowest BCUT2D eigenvalue weighted by Crippen LogP contribution is -2.33. The van der Waals surface area contributed by atoms with E-state index in [0.29, 0.717) is 5.02 Å². The van der Waals surface area contributed by atoms with Crippen molar-refractivity contribution in [2.45, 2.75) is 25.8 Å². The average molecular weight is 334 g/mol. The van der Waals surface area contributed by atoms with Crippen LogP contribution in [0.4, 0.5) is 0 Å². The standard InChI is InChI=1S/C19H21Cl2N/c20-18-7-6-17(19(21)13-18)14-22-10-8-16(9-11-22)12-15-4-2-1-3-5-15/h1-7,13,16H,8-12,14H2. The summed E-state index contributed by atoms with van der Waals surface area (Å²) >= 11 is 12.2. The molecule has 0 aromatic heterocycles. The van der Waals surface area contributed by atoms with Gasteiger partial charge in [-0.05, 0) is 61.5 Å². The van der Waals surface area contributed by atoms with Gasteiger partial charge in [0.1, 0.15) is 0 Å². The summed E-state index contributed by atoms with van der Waals surface area (Å²) in [6.45, 7) is 3.22. The maximum atomic E-state index is 6.27. The van der Waals surface area contributed by atoms with E-state index in [0.717, 1.165) is 30.6 Å². The number of hydrogen-bond donors (Lipinski definition) is 0. The van der Waals surface area contributed by atoms with E-state index in [9.17, 15) is 0 Å². The Kier molecular flexibility index (Phi) is 5.41. The van der Waals surface area contributed by atoms with Crippen LogP contribution in [0, 0.1) is 5.92 Å². The first-order valence-corrected chi connectivity index (χ1v) is 8.66. The molecule has 0 spiro atoms. The Labute approximate surface area is 142 Å². The van der Waals surface area contributed by atoms with Gasteiger partial charge in [-0.15, -0.1) is 0 Å². The van der Waals surface area contributed by atoms with Gasteiger partial charge in [-0.25, -0.2) is 0 Å². The van der Waals surface area contributed by atoms with Gasteiger partial charge in [0, 0.05) is 16.6 Å². The number of rotatable bonds is 4. The topological polar surface area (TPSA) is 3.24 Å². The summed E-state index contributed by atoms with van der Waals surface area (Å²) in [5, 5.41) is 1.48. The molecule has 0 unspecified atom stereocenters. The molecule has 0 radical (unpaired) electrons. The molecule has 0 aliphatic carbocycles. The monoisotopic (exact) mass is 333 g/mol. The van der Waals surface area contributed by atoms with Crippen molar-refractivity contribution in [3.05, 3.63) is 69.7 Å². The van der Waals surface area contributed by atoms with Crippen LogP contribution in [0.1, 0.15) is 24.0 Å². The van der Waals surface area contributed by atoms with Crippen molar-refractivity contribution in [3.8, 4) is 0 Å². The van der Waals surface area contributed by atoms with E-state index in [2.05, 4.69) is 35.2 Å². The van der Waals surface area contributed by atoms with Gasteiger partial charge in [-0.3, -0.25) is 4.90 Å². The molecule has 1 saturated heterocycles. The fourth-order valence-corrected chi connectivity index (χ4v) is 3.66. The van der Waals surface area contributed by atoms with Crippen molar-refractivity contribution in [1.82, 2.24) is 4.90 Å². The third kappa shape index (κ3) is 4.25. The third-order valence-corrected chi connectivity index (χ3v) is 5.07. The van der Waals surface area contributed by atoms with Crippen LogP contribution >= 0.6 is 23.2 Å². The lowest BCUT2D eigenvalue weighted by atomic mass is 9.90. The zero-order chi connectivity index (χ0) is 15.4. The van der Waals surface area contributed by atoms with E-state index in [-0.39, 0.29) is 0 Å². The van der Waals surface area contributed by atoms with Crippen LogP contribution in [0.2, 0.25) is 10.0 Å². The van der Waals surface area contributed by atoms with Crippen molar-refractivity contribution in [1.29, 1.82) is 0 Å². The first-order chi connectivity index (χ1) is 10.7. The molecule has 0 atom stereocenters. The second-order valence-electron chi connectivity index (χ2n) is 6.14. The van der Waals surface area contributed by atoms with Crippen LogP contribution in [0.15, 0.2) is 48.5 Å². The van der Waals surface area contributed by atoms with Crippen molar-refractivity contribution < 1.29 is 0 Å². The minimum absolute atomic E-state index is 0.704. The molecule has 2 aromatic carbocycles. The van der Waals surface area contributed by atoms with E-state index < -0.39 is 0 Å². The number of hydrogen-bond acceptors (Lipinski definition) is 1. The molecule has 2 aromatic rings. The molecule has 0 N–H and O–H groups in total. The molecular weight excluding hydrogens is 313 g/mol. The maximum absolute atomic E-state index is 6.27. The van der Waals surface area contributed by atoms with Crippen LogP contribution in [-0.2, 0) is 13.0 Å². The molecule has 3 heteroatoms. The Morgan fingerprint density at radius 3 is 2.36 bits per heavy atom. The molecule has 1 heterocycles. The van der Waals surface area contributed by atoms with Crippen LogP contribution in [-0.4, -0.2) is 18.0 Å². The normalized spacial score (nSPS) is 16.8. The molecule has 1 fully saturated rings. The second kappa shape index (κ2) is 7.50. The molecular formula is C19H21Cl2N. The van der Waals surface area contributed by atoms with Crippen LogP contribution in [0.3, 0.4) is 0 Å². The first kappa shape index (κ1) is 15.9. The van der Waals surface area contributed by atoms with E-state index >= 15 is 0 Å². The molecule has 1 aliphatic rings. The predicted molar refractivity (Wildman–Crippen MR) is 94.6 cm³/mol. The van der Waals surface area contributed by atoms with Crippen LogP contribution in [0.25, 0.3) is 0 Å². The Bertz CT molecular complexity index is 604. The summed E-state index contributed by atoms with van der Waals surface area (Å²) in [4.78, 5) is 2.50. The number of benzene rings is 2. The molecule has 0 saturated carbocycles. The SMILES string of the molecule is Clc1ccc(CN2CCC(Cc3ccccc3)CC2)c(Cl)c1. The zero-order valence-electron chi connectivity index (χ0n) is 12.6. The molecule has 3 rings (SSSR count). The molecule has 1 aliphatic heterocycles. The van der Waals surface area contributed by atoms with Crippen molar-refractivity contribution in [3.63, 3.8) is 0 Å². The summed E-state index contributed by atoms with van der Waals surface area (Å²) in [5.41, 5.74) is 2.63. The maximum Gasteiger partial charge on any atom is 0.0465 e. The van der Waals surface area contributed by atoms with Gasteiger partial charge in [0.2, 0.25) is 0 Å². The fraction of sp³-hybridized carbons (Fsp3) is 0.368. The largest absolute Gasteiger partial charge is 0.299 e. The minimum atomic E-state index is 0.704. The van der Waals surface area contributed by atoms with Gasteiger partial charge in [0.15, 0.2) is 0 Å². The highest BCUT2D eigenvalue weighted by Gasteiger charge is 2.20. The van der Waals surface area contributed by atoms with Gasteiger partial charge >= 0.3 is 0 Å². The van der Waals surface area contributed by atoms with Crippen LogP contribution in [0.5, 0.6) is 0 Å². The predicted octanol–water partition coefficient (Wildman–Crippen LogP) is 5.45. The smallest absolute Gasteiger partial charge is 0.0465 e. The fourth-order valence-electron chi connectivity index (χ4n) is 3.19. The highest BCUT2D eigenvalue weighted by Crippen LogP contribution is 2.26. The molecule has 116 valence electrons. The molecule has 0 amide bonds. The van der Waals surface area contributed by atoms with E-state index in [1.54, 1.807) is 0 Å². The Balaban J connectivity index is 1.51. The lowest BCUT2D eigenvalue weighted by molar-refractivity contribution is 0.177. The Morgan fingerprint density at radius 2 is 1.68 bits per heavy atom. The first-order valence-electron chi connectivity index (χ1n) is 7.91. The number of likely N-dealkylation sites (tertiary alicyclic amines) is 1. The molecule has 1 nitrogen and oxygen atoms in total. The summed E-state index contributed by atoms with van der Waals surface area (Å²) in [6.07, 6.45) is 3.73. The third-order valence-electron chi connectivity index (χ3n) is 4.48. The quantitative estimate of drug-likeness (QED) is 0.719. The molecule has 22 heavy (non-hydrogen) atoms. The highest BCUT2D eigenvalue weighted by molar-refractivity contribution is 6.35. The Morgan fingerprint density at radius 1 is 0.955 bits per heavy atom. The zero-order valence-corrected chi connectivity index (χ0v) is 14.2. The minimum Gasteiger partial charge on any atom is -0.299 e. The Hall–Kier alpha value is -1.02. The van der Waals surface area contributed by atoms with Crippen LogP contribution < -0.4 is 0 Å². The lowest BCUT2D eigenvalue weighted by Gasteiger charge is -2.32. The van der Waals surface area contributed by atoms with E-state index in [1.165, 1.54) is 30.4 Å². The van der Waals surface area contributed by atoms with Crippen molar-refractivity contribution in [2.24, 2.45) is 5.92 Å². The van der Waals surface area contributed by atoms with Gasteiger partial charge < -0.3 is 0 Å². The number of nitrogens with zero attached hydrogens (tertiary/aromatic N) is 1. The van der Waals surface area contributed by atoms with Gasteiger partial charge in [0.05, 0.1) is 0 Å². The summed E-state index contributed by atoms with van der Waals surface area (Å²) in [5.74, 6) is 0.805. The van der Waals surface area contributed by atoms with E-state index in [1.807, 2.05) is 18.2 Å².